The number of carbonyl (C=O) groups excluding carboxylic acids is 1. The lowest BCUT2D eigenvalue weighted by Gasteiger charge is -2.30. The van der Waals surface area contributed by atoms with Crippen LogP contribution in [-0.2, 0) is 14.3 Å². The minimum atomic E-state index is -0.861. The van der Waals surface area contributed by atoms with E-state index in [2.05, 4.69) is 0 Å². The first-order valence-corrected chi connectivity index (χ1v) is 5.48. The second-order valence-corrected chi connectivity index (χ2v) is 4.90. The van der Waals surface area contributed by atoms with Gasteiger partial charge in [-0.1, -0.05) is 13.8 Å². The van der Waals surface area contributed by atoms with E-state index in [1.165, 1.54) is 0 Å². The Kier molecular flexibility index (Phi) is 4.29. The molecule has 0 aromatic carbocycles. The molecule has 1 aliphatic rings. The second-order valence-electron chi connectivity index (χ2n) is 4.90. The number of amides is 1. The van der Waals surface area contributed by atoms with E-state index in [1.54, 1.807) is 18.7 Å². The highest BCUT2D eigenvalue weighted by Crippen LogP contribution is 2.26. The molecule has 0 radical (unpaired) electrons. The van der Waals surface area contributed by atoms with Crippen molar-refractivity contribution in [1.29, 1.82) is 0 Å². The molecule has 0 unspecified atom stereocenters. The molecule has 0 aliphatic carbocycles. The number of hydrogen-bond donors (Lipinski definition) is 1. The smallest absolute Gasteiger partial charge is 0.303 e. The van der Waals surface area contributed by atoms with E-state index in [0.717, 1.165) is 0 Å². The molecule has 1 saturated heterocycles. The van der Waals surface area contributed by atoms with Crippen molar-refractivity contribution in [3.63, 3.8) is 0 Å². The van der Waals surface area contributed by atoms with Crippen molar-refractivity contribution in [2.24, 2.45) is 5.41 Å². The average Bonchev–Trinajstić information content (AvgIpc) is 2.16. The van der Waals surface area contributed by atoms with Gasteiger partial charge in [-0.05, 0) is 5.41 Å². The van der Waals surface area contributed by atoms with Crippen molar-refractivity contribution in [1.82, 2.24) is 4.90 Å². The Morgan fingerprint density at radius 1 is 1.25 bits per heavy atom. The molecule has 0 bridgehead atoms. The Hall–Kier alpha value is -1.10. The fourth-order valence-electron chi connectivity index (χ4n) is 1.81. The van der Waals surface area contributed by atoms with Gasteiger partial charge in [0.05, 0.1) is 19.6 Å². The Morgan fingerprint density at radius 2 is 1.81 bits per heavy atom. The largest absolute Gasteiger partial charge is 0.481 e. The number of carbonyl (C=O) groups is 2. The van der Waals surface area contributed by atoms with Crippen LogP contribution in [0.15, 0.2) is 0 Å². The fraction of sp³-hybridized carbons (Fsp3) is 0.818. The summed E-state index contributed by atoms with van der Waals surface area (Å²) in [5, 5.41) is 8.73. The number of hydrogen-bond acceptors (Lipinski definition) is 3. The van der Waals surface area contributed by atoms with E-state index in [4.69, 9.17) is 9.84 Å². The van der Waals surface area contributed by atoms with Crippen LogP contribution >= 0.6 is 0 Å². The normalized spacial score (nSPS) is 17.2. The number of morpholine rings is 1. The molecule has 92 valence electrons. The maximum Gasteiger partial charge on any atom is 0.303 e. The maximum atomic E-state index is 11.9. The number of ether oxygens (including phenoxy) is 1. The van der Waals surface area contributed by atoms with Crippen LogP contribution < -0.4 is 0 Å². The number of rotatable bonds is 4. The molecule has 1 rings (SSSR count). The van der Waals surface area contributed by atoms with Crippen LogP contribution in [0.25, 0.3) is 0 Å². The third kappa shape index (κ3) is 4.18. The zero-order valence-corrected chi connectivity index (χ0v) is 9.86. The molecule has 5 nitrogen and oxygen atoms in total. The predicted molar refractivity (Wildman–Crippen MR) is 58.0 cm³/mol. The van der Waals surface area contributed by atoms with Crippen LogP contribution in [0, 0.1) is 5.41 Å². The van der Waals surface area contributed by atoms with Crippen LogP contribution in [0.1, 0.15) is 26.7 Å². The van der Waals surface area contributed by atoms with E-state index >= 15 is 0 Å². The van der Waals surface area contributed by atoms with Gasteiger partial charge in [0.15, 0.2) is 0 Å². The predicted octanol–water partition coefficient (Wildman–Crippen LogP) is 0.736. The number of aliphatic carboxylic acids is 1. The molecule has 0 spiro atoms. The van der Waals surface area contributed by atoms with Gasteiger partial charge < -0.3 is 14.7 Å². The van der Waals surface area contributed by atoms with Crippen LogP contribution in [-0.4, -0.2) is 48.2 Å². The standard InChI is InChI=1S/C11H19NO4/c1-11(2,8-10(14)15)7-9(13)12-3-5-16-6-4-12/h3-8H2,1-2H3,(H,14,15). The third-order valence-electron chi connectivity index (χ3n) is 2.62. The first-order valence-electron chi connectivity index (χ1n) is 5.48. The van der Waals surface area contributed by atoms with Crippen LogP contribution in [0.3, 0.4) is 0 Å². The van der Waals surface area contributed by atoms with Gasteiger partial charge >= 0.3 is 5.97 Å². The molecule has 1 heterocycles. The first kappa shape index (κ1) is 13.0. The van der Waals surface area contributed by atoms with Gasteiger partial charge in [-0.15, -0.1) is 0 Å². The summed E-state index contributed by atoms with van der Waals surface area (Å²) in [7, 11) is 0. The summed E-state index contributed by atoms with van der Waals surface area (Å²) in [5.41, 5.74) is -0.485. The van der Waals surface area contributed by atoms with Crippen molar-refractivity contribution in [2.45, 2.75) is 26.7 Å². The van der Waals surface area contributed by atoms with Crippen LogP contribution in [0.2, 0.25) is 0 Å². The SMILES string of the molecule is CC(C)(CC(=O)O)CC(=O)N1CCOCC1. The number of nitrogens with zero attached hydrogens (tertiary/aromatic N) is 1. The molecule has 0 saturated carbocycles. The molecule has 5 heteroatoms. The zero-order valence-electron chi connectivity index (χ0n) is 9.86. The average molecular weight is 229 g/mol. The van der Waals surface area contributed by atoms with Gasteiger partial charge in [0, 0.05) is 19.5 Å². The second kappa shape index (κ2) is 5.30. The van der Waals surface area contributed by atoms with E-state index in [0.29, 0.717) is 26.3 Å². The highest BCUT2D eigenvalue weighted by atomic mass is 16.5. The van der Waals surface area contributed by atoms with Gasteiger partial charge in [0.2, 0.25) is 5.91 Å². The molecule has 0 aromatic heterocycles. The van der Waals surface area contributed by atoms with E-state index in [-0.39, 0.29) is 18.7 Å². The summed E-state index contributed by atoms with van der Waals surface area (Å²) in [6.45, 7) is 5.99. The summed E-state index contributed by atoms with van der Waals surface area (Å²) in [5.74, 6) is -0.839. The fourth-order valence-corrected chi connectivity index (χ4v) is 1.81. The van der Waals surface area contributed by atoms with Crippen LogP contribution in [0.4, 0.5) is 0 Å². The quantitative estimate of drug-likeness (QED) is 0.772. The molecule has 16 heavy (non-hydrogen) atoms. The first-order chi connectivity index (χ1) is 7.41. The van der Waals surface area contributed by atoms with Gasteiger partial charge in [-0.2, -0.15) is 0 Å². The minimum absolute atomic E-state index is 0.0169. The Labute approximate surface area is 95.4 Å². The Morgan fingerprint density at radius 3 is 2.31 bits per heavy atom. The van der Waals surface area contributed by atoms with Gasteiger partial charge in [0.25, 0.3) is 0 Å². The monoisotopic (exact) mass is 229 g/mol. The number of carboxylic acid groups (broad SMARTS) is 1. The van der Waals surface area contributed by atoms with Crippen molar-refractivity contribution >= 4 is 11.9 Å². The maximum absolute atomic E-state index is 11.9. The lowest BCUT2D eigenvalue weighted by molar-refractivity contribution is -0.141. The highest BCUT2D eigenvalue weighted by molar-refractivity contribution is 5.78. The number of carboxylic acids is 1. The van der Waals surface area contributed by atoms with E-state index in [1.807, 2.05) is 0 Å². The molecule has 1 aliphatic heterocycles. The molecule has 1 fully saturated rings. The molecule has 1 N–H and O–H groups in total. The van der Waals surface area contributed by atoms with Crippen molar-refractivity contribution in [3.8, 4) is 0 Å². The van der Waals surface area contributed by atoms with Crippen molar-refractivity contribution in [3.05, 3.63) is 0 Å². The summed E-state index contributed by atoms with van der Waals surface area (Å²) < 4.78 is 5.16. The summed E-state index contributed by atoms with van der Waals surface area (Å²) in [4.78, 5) is 24.2. The third-order valence-corrected chi connectivity index (χ3v) is 2.62. The Balaban J connectivity index is 2.45. The Bertz CT molecular complexity index is 269. The highest BCUT2D eigenvalue weighted by Gasteiger charge is 2.28. The topological polar surface area (TPSA) is 66.8 Å². The zero-order chi connectivity index (χ0) is 12.2. The minimum Gasteiger partial charge on any atom is -0.481 e. The van der Waals surface area contributed by atoms with Gasteiger partial charge in [0.1, 0.15) is 0 Å². The lowest BCUT2D eigenvalue weighted by atomic mass is 9.85. The van der Waals surface area contributed by atoms with E-state index < -0.39 is 11.4 Å². The molecule has 0 atom stereocenters. The molecular weight excluding hydrogens is 210 g/mol. The summed E-state index contributed by atoms with van der Waals surface area (Å²) >= 11 is 0. The summed E-state index contributed by atoms with van der Waals surface area (Å²) in [6.07, 6.45) is 0.294. The molecular formula is C11H19NO4. The van der Waals surface area contributed by atoms with Gasteiger partial charge in [-0.3, -0.25) is 9.59 Å². The summed E-state index contributed by atoms with van der Waals surface area (Å²) in [6, 6.07) is 0. The van der Waals surface area contributed by atoms with Gasteiger partial charge in [-0.25, -0.2) is 0 Å². The van der Waals surface area contributed by atoms with Crippen LogP contribution in [0.5, 0.6) is 0 Å². The molecule has 1 amide bonds. The van der Waals surface area contributed by atoms with Crippen molar-refractivity contribution < 1.29 is 19.4 Å². The van der Waals surface area contributed by atoms with E-state index in [9.17, 15) is 9.59 Å². The van der Waals surface area contributed by atoms with Crippen molar-refractivity contribution in [2.75, 3.05) is 26.3 Å². The lowest BCUT2D eigenvalue weighted by Crippen LogP contribution is -2.42. The molecule has 0 aromatic rings.